The molecule has 1 heterocycles. The molecule has 14 heavy (non-hydrogen) atoms. The van der Waals surface area contributed by atoms with Gasteiger partial charge in [-0.15, -0.1) is 0 Å². The molecule has 0 bridgehead atoms. The Kier molecular flexibility index (Phi) is 3.02. The van der Waals surface area contributed by atoms with Crippen molar-refractivity contribution in [1.82, 2.24) is 5.06 Å². The van der Waals surface area contributed by atoms with Gasteiger partial charge in [-0.25, -0.2) is 0 Å². The maximum Gasteiger partial charge on any atom is 0.177 e. The van der Waals surface area contributed by atoms with Gasteiger partial charge in [0.2, 0.25) is 0 Å². The summed E-state index contributed by atoms with van der Waals surface area (Å²) in [7, 11) is 0. The maximum absolute atomic E-state index is 9.32. The maximum atomic E-state index is 9.32. The molecule has 0 aromatic heterocycles. The van der Waals surface area contributed by atoms with E-state index >= 15 is 0 Å². The summed E-state index contributed by atoms with van der Waals surface area (Å²) in [6.07, 6.45) is 5.52. The normalized spacial score (nSPS) is 35.7. The van der Waals surface area contributed by atoms with Gasteiger partial charge in [0.15, 0.2) is 6.29 Å². The summed E-state index contributed by atoms with van der Waals surface area (Å²) in [5.41, 5.74) is 0. The molecule has 2 unspecified atom stereocenters. The Hall–Kier alpha value is -0.630. The van der Waals surface area contributed by atoms with Crippen molar-refractivity contribution in [2.75, 3.05) is 0 Å². The molecule has 4 heteroatoms. The molecule has 0 aromatic rings. The smallest absolute Gasteiger partial charge is 0.177 e. The summed E-state index contributed by atoms with van der Waals surface area (Å²) >= 11 is 0. The molecule has 0 radical (unpaired) electrons. The summed E-state index contributed by atoms with van der Waals surface area (Å²) in [5.74, 6) is 0. The van der Waals surface area contributed by atoms with Crippen LogP contribution in [0.15, 0.2) is 0 Å². The van der Waals surface area contributed by atoms with E-state index < -0.39 is 6.29 Å². The van der Waals surface area contributed by atoms with Gasteiger partial charge in [-0.3, -0.25) is 4.84 Å². The van der Waals surface area contributed by atoms with Crippen LogP contribution in [0.4, 0.5) is 0 Å². The van der Waals surface area contributed by atoms with Gasteiger partial charge in [-0.2, -0.15) is 10.3 Å². The van der Waals surface area contributed by atoms with Crippen molar-refractivity contribution in [3.63, 3.8) is 0 Å². The number of aliphatic hydroxyl groups excluding tert-OH is 1. The molecule has 4 nitrogen and oxygen atoms in total. The van der Waals surface area contributed by atoms with Crippen LogP contribution >= 0.6 is 0 Å². The quantitative estimate of drug-likeness (QED) is 0.684. The molecule has 1 aliphatic heterocycles. The highest BCUT2D eigenvalue weighted by atomic mass is 16.8. The highest BCUT2D eigenvalue weighted by Crippen LogP contribution is 2.29. The topological polar surface area (TPSA) is 56.5 Å². The second-order valence-electron chi connectivity index (χ2n) is 4.09. The summed E-state index contributed by atoms with van der Waals surface area (Å²) in [6, 6.07) is 2.26. The zero-order valence-electron chi connectivity index (χ0n) is 8.22. The molecule has 0 aromatic carbocycles. The van der Waals surface area contributed by atoms with Gasteiger partial charge >= 0.3 is 0 Å². The minimum Gasteiger partial charge on any atom is -0.366 e. The predicted octanol–water partition coefficient (Wildman–Crippen LogP) is 1.17. The van der Waals surface area contributed by atoms with Crippen LogP contribution < -0.4 is 0 Å². The number of rotatable bonds is 1. The zero-order chi connectivity index (χ0) is 9.97. The molecular formula is C10H16N2O2. The lowest BCUT2D eigenvalue weighted by Crippen LogP contribution is -2.38. The Morgan fingerprint density at radius 1 is 1.29 bits per heavy atom. The number of hydroxylamine groups is 2. The predicted molar refractivity (Wildman–Crippen MR) is 49.8 cm³/mol. The molecule has 0 amide bonds. The van der Waals surface area contributed by atoms with E-state index in [-0.39, 0.29) is 6.04 Å². The van der Waals surface area contributed by atoms with Crippen molar-refractivity contribution in [2.45, 2.75) is 56.9 Å². The molecule has 1 saturated heterocycles. The molecule has 2 fully saturated rings. The first-order valence-corrected chi connectivity index (χ1v) is 5.34. The Balaban J connectivity index is 1.98. The number of hydrogen-bond donors (Lipinski definition) is 1. The van der Waals surface area contributed by atoms with Crippen LogP contribution in [0, 0.1) is 11.3 Å². The van der Waals surface area contributed by atoms with Crippen LogP contribution in [-0.2, 0) is 4.84 Å². The van der Waals surface area contributed by atoms with E-state index in [1.807, 2.05) is 0 Å². The van der Waals surface area contributed by atoms with Gasteiger partial charge in [0.25, 0.3) is 0 Å². The molecule has 78 valence electrons. The van der Waals surface area contributed by atoms with E-state index in [1.165, 1.54) is 19.3 Å². The van der Waals surface area contributed by atoms with Crippen LogP contribution in [0.1, 0.15) is 38.5 Å². The standard InChI is InChI=1S/C10H16N2O2/c11-7-9-6-10(13)14-12(9)8-4-2-1-3-5-8/h8-10,13H,1-6H2. The van der Waals surface area contributed by atoms with Crippen molar-refractivity contribution in [1.29, 1.82) is 5.26 Å². The number of nitrogens with zero attached hydrogens (tertiary/aromatic N) is 2. The first kappa shape index (κ1) is 9.91. The number of nitriles is 1. The van der Waals surface area contributed by atoms with E-state index in [9.17, 15) is 5.11 Å². The van der Waals surface area contributed by atoms with Crippen molar-refractivity contribution >= 4 is 0 Å². The van der Waals surface area contributed by atoms with Gasteiger partial charge in [0.05, 0.1) is 6.07 Å². The largest absolute Gasteiger partial charge is 0.366 e. The summed E-state index contributed by atoms with van der Waals surface area (Å²) in [4.78, 5) is 5.27. The number of aliphatic hydroxyl groups is 1. The van der Waals surface area contributed by atoms with Gasteiger partial charge < -0.3 is 5.11 Å². The highest BCUT2D eigenvalue weighted by molar-refractivity contribution is 4.95. The van der Waals surface area contributed by atoms with Crippen LogP contribution in [0.2, 0.25) is 0 Å². The molecule has 1 N–H and O–H groups in total. The van der Waals surface area contributed by atoms with Gasteiger partial charge in [0, 0.05) is 12.5 Å². The highest BCUT2D eigenvalue weighted by Gasteiger charge is 2.37. The van der Waals surface area contributed by atoms with E-state index in [0.717, 1.165) is 12.8 Å². The van der Waals surface area contributed by atoms with Crippen molar-refractivity contribution in [3.8, 4) is 6.07 Å². The molecule has 0 spiro atoms. The first-order chi connectivity index (χ1) is 6.81. The van der Waals surface area contributed by atoms with Crippen LogP contribution in [0.5, 0.6) is 0 Å². The third-order valence-corrected chi connectivity index (χ3v) is 3.06. The molecule has 2 atom stereocenters. The van der Waals surface area contributed by atoms with Crippen molar-refractivity contribution in [2.24, 2.45) is 0 Å². The first-order valence-electron chi connectivity index (χ1n) is 5.34. The van der Waals surface area contributed by atoms with Crippen molar-refractivity contribution < 1.29 is 9.94 Å². The molecule has 2 rings (SSSR count). The summed E-state index contributed by atoms with van der Waals surface area (Å²) in [6.45, 7) is 0. The van der Waals surface area contributed by atoms with Gasteiger partial charge in [0.1, 0.15) is 6.04 Å². The fraction of sp³-hybridized carbons (Fsp3) is 0.900. The van der Waals surface area contributed by atoms with Crippen LogP contribution in [0.3, 0.4) is 0 Å². The van der Waals surface area contributed by atoms with Crippen molar-refractivity contribution in [3.05, 3.63) is 0 Å². The van der Waals surface area contributed by atoms with E-state index in [2.05, 4.69) is 6.07 Å². The van der Waals surface area contributed by atoms with Crippen LogP contribution in [0.25, 0.3) is 0 Å². The third-order valence-electron chi connectivity index (χ3n) is 3.06. The lowest BCUT2D eigenvalue weighted by Gasteiger charge is -2.30. The molecular weight excluding hydrogens is 180 g/mol. The van der Waals surface area contributed by atoms with E-state index in [4.69, 9.17) is 10.1 Å². The fourth-order valence-electron chi connectivity index (χ4n) is 2.34. The molecule has 1 saturated carbocycles. The minimum absolute atomic E-state index is 0.256. The fourth-order valence-corrected chi connectivity index (χ4v) is 2.34. The Bertz CT molecular complexity index is 233. The Morgan fingerprint density at radius 2 is 2.00 bits per heavy atom. The third kappa shape index (κ3) is 1.90. The van der Waals surface area contributed by atoms with Gasteiger partial charge in [-0.05, 0) is 12.8 Å². The molecule has 2 aliphatic rings. The minimum atomic E-state index is -0.776. The zero-order valence-corrected chi connectivity index (χ0v) is 8.22. The van der Waals surface area contributed by atoms with Crippen LogP contribution in [-0.4, -0.2) is 28.5 Å². The lowest BCUT2D eigenvalue weighted by molar-refractivity contribution is -0.239. The Labute approximate surface area is 84.0 Å². The average Bonchev–Trinajstić information content (AvgIpc) is 2.61. The second-order valence-corrected chi connectivity index (χ2v) is 4.09. The summed E-state index contributed by atoms with van der Waals surface area (Å²) in [5, 5.41) is 19.9. The average molecular weight is 196 g/mol. The SMILES string of the molecule is N#CC1CC(O)ON1C1CCCCC1. The Morgan fingerprint density at radius 3 is 2.64 bits per heavy atom. The van der Waals surface area contributed by atoms with E-state index in [0.29, 0.717) is 12.5 Å². The number of hydrogen-bond acceptors (Lipinski definition) is 4. The molecule has 1 aliphatic carbocycles. The van der Waals surface area contributed by atoms with E-state index in [1.54, 1.807) is 5.06 Å². The second kappa shape index (κ2) is 4.26. The lowest BCUT2D eigenvalue weighted by atomic mass is 9.94. The monoisotopic (exact) mass is 196 g/mol. The summed E-state index contributed by atoms with van der Waals surface area (Å²) < 4.78 is 0. The van der Waals surface area contributed by atoms with Gasteiger partial charge in [-0.1, -0.05) is 19.3 Å².